The Morgan fingerprint density at radius 2 is 1.94 bits per heavy atom. The summed E-state index contributed by atoms with van der Waals surface area (Å²) in [7, 11) is 0. The van der Waals surface area contributed by atoms with Crippen molar-refractivity contribution in [2.75, 3.05) is 13.1 Å². The van der Waals surface area contributed by atoms with Gasteiger partial charge in [0, 0.05) is 24.2 Å². The fraction of sp³-hybridized carbons (Fsp3) is 1.00. The Labute approximate surface area is 102 Å². The maximum Gasteiger partial charge on any atom is 0.0195 e. The molecule has 1 aliphatic carbocycles. The first-order valence-corrected chi connectivity index (χ1v) is 6.95. The molecule has 0 aromatic heterocycles. The molecule has 0 saturated heterocycles. The highest BCUT2D eigenvalue weighted by Crippen LogP contribution is 2.28. The van der Waals surface area contributed by atoms with E-state index in [-0.39, 0.29) is 5.54 Å². The Balaban J connectivity index is 2.32. The third-order valence-corrected chi connectivity index (χ3v) is 3.28. The number of nitrogens with zero attached hydrogens (tertiary/aromatic N) is 1. The van der Waals surface area contributed by atoms with E-state index in [0.717, 1.165) is 12.6 Å². The first-order valence-electron chi connectivity index (χ1n) is 6.95. The zero-order chi connectivity index (χ0) is 12.2. The number of hydrogen-bond donors (Lipinski definition) is 1. The van der Waals surface area contributed by atoms with Gasteiger partial charge in [-0.25, -0.2) is 0 Å². The molecule has 2 heteroatoms. The molecule has 0 aromatic carbocycles. The van der Waals surface area contributed by atoms with Gasteiger partial charge >= 0.3 is 0 Å². The molecule has 0 bridgehead atoms. The van der Waals surface area contributed by atoms with Crippen LogP contribution in [0.1, 0.15) is 60.3 Å². The molecule has 1 saturated carbocycles. The normalized spacial score (nSPS) is 19.1. The minimum atomic E-state index is 0.244. The second-order valence-electron chi connectivity index (χ2n) is 6.30. The lowest BCUT2D eigenvalue weighted by molar-refractivity contribution is 0.182. The van der Waals surface area contributed by atoms with Gasteiger partial charge in [0.1, 0.15) is 0 Å². The summed E-state index contributed by atoms with van der Waals surface area (Å²) in [5.41, 5.74) is 0.244. The van der Waals surface area contributed by atoms with Gasteiger partial charge in [0.05, 0.1) is 0 Å². The average molecular weight is 226 g/mol. The van der Waals surface area contributed by atoms with Crippen molar-refractivity contribution in [3.8, 4) is 0 Å². The smallest absolute Gasteiger partial charge is 0.0195 e. The lowest BCUT2D eigenvalue weighted by Crippen LogP contribution is -2.47. The molecule has 1 aliphatic rings. The van der Waals surface area contributed by atoms with E-state index in [4.69, 9.17) is 0 Å². The highest BCUT2D eigenvalue weighted by atomic mass is 15.2. The van der Waals surface area contributed by atoms with Gasteiger partial charge in [-0.2, -0.15) is 0 Å². The van der Waals surface area contributed by atoms with Crippen LogP contribution in [-0.2, 0) is 0 Å². The van der Waals surface area contributed by atoms with E-state index in [2.05, 4.69) is 44.8 Å². The molecule has 16 heavy (non-hydrogen) atoms. The molecule has 1 N–H and O–H groups in total. The van der Waals surface area contributed by atoms with Gasteiger partial charge in [-0.15, -0.1) is 0 Å². The molecule has 0 radical (unpaired) electrons. The molecule has 0 heterocycles. The largest absolute Gasteiger partial charge is 0.311 e. The molecule has 0 aliphatic heterocycles. The second-order valence-corrected chi connectivity index (χ2v) is 6.30. The van der Waals surface area contributed by atoms with Gasteiger partial charge in [0.2, 0.25) is 0 Å². The third kappa shape index (κ3) is 5.31. The Morgan fingerprint density at radius 3 is 2.38 bits per heavy atom. The fourth-order valence-corrected chi connectivity index (χ4v) is 2.08. The van der Waals surface area contributed by atoms with Crippen molar-refractivity contribution < 1.29 is 0 Å². The zero-order valence-corrected chi connectivity index (χ0v) is 11.8. The van der Waals surface area contributed by atoms with Gasteiger partial charge < -0.3 is 5.32 Å². The van der Waals surface area contributed by atoms with Crippen LogP contribution in [0.4, 0.5) is 0 Å². The number of hydrogen-bond acceptors (Lipinski definition) is 2. The minimum absolute atomic E-state index is 0.244. The molecule has 1 rings (SSSR count). The summed E-state index contributed by atoms with van der Waals surface area (Å²) in [5.74, 6) is 0. The van der Waals surface area contributed by atoms with Crippen molar-refractivity contribution in [2.24, 2.45) is 0 Å². The monoisotopic (exact) mass is 226 g/mol. The van der Waals surface area contributed by atoms with Crippen molar-refractivity contribution >= 4 is 0 Å². The Hall–Kier alpha value is -0.0800. The van der Waals surface area contributed by atoms with Gasteiger partial charge in [-0.3, -0.25) is 4.90 Å². The van der Waals surface area contributed by atoms with Gasteiger partial charge in [-0.05, 0) is 53.5 Å². The second kappa shape index (κ2) is 6.02. The average Bonchev–Trinajstić information content (AvgIpc) is 2.98. The molecule has 0 amide bonds. The van der Waals surface area contributed by atoms with Crippen LogP contribution < -0.4 is 5.32 Å². The van der Waals surface area contributed by atoms with Crippen molar-refractivity contribution in [3.05, 3.63) is 0 Å². The summed E-state index contributed by atoms with van der Waals surface area (Å²) >= 11 is 0. The maximum absolute atomic E-state index is 3.62. The lowest BCUT2D eigenvalue weighted by atomic mass is 10.1. The van der Waals surface area contributed by atoms with Crippen LogP contribution in [0.25, 0.3) is 0 Å². The highest BCUT2D eigenvalue weighted by Gasteiger charge is 2.31. The topological polar surface area (TPSA) is 15.3 Å². The number of unbranched alkanes of at least 4 members (excludes halogenated alkanes) is 1. The highest BCUT2D eigenvalue weighted by molar-refractivity contribution is 4.88. The number of rotatable bonds is 7. The van der Waals surface area contributed by atoms with Crippen LogP contribution in [0.15, 0.2) is 0 Å². The van der Waals surface area contributed by atoms with Crippen molar-refractivity contribution in [2.45, 2.75) is 77.9 Å². The Bertz CT molecular complexity index is 191. The molecular weight excluding hydrogens is 196 g/mol. The van der Waals surface area contributed by atoms with E-state index >= 15 is 0 Å². The van der Waals surface area contributed by atoms with Crippen LogP contribution in [0.3, 0.4) is 0 Å². The van der Waals surface area contributed by atoms with E-state index in [1.165, 1.54) is 32.2 Å². The first-order chi connectivity index (χ1) is 7.44. The molecule has 0 aromatic rings. The predicted octanol–water partition coefficient (Wildman–Crippen LogP) is 3.03. The third-order valence-electron chi connectivity index (χ3n) is 3.28. The maximum atomic E-state index is 3.62. The summed E-state index contributed by atoms with van der Waals surface area (Å²) in [6.07, 6.45) is 5.49. The fourth-order valence-electron chi connectivity index (χ4n) is 2.08. The van der Waals surface area contributed by atoms with Gasteiger partial charge in [0.15, 0.2) is 0 Å². The molecule has 1 unspecified atom stereocenters. The van der Waals surface area contributed by atoms with Crippen LogP contribution in [0, 0.1) is 0 Å². The summed E-state index contributed by atoms with van der Waals surface area (Å²) in [6.45, 7) is 13.8. The molecule has 2 nitrogen and oxygen atoms in total. The van der Waals surface area contributed by atoms with Gasteiger partial charge in [-0.1, -0.05) is 13.3 Å². The summed E-state index contributed by atoms with van der Waals surface area (Å²) in [4.78, 5) is 2.71. The van der Waals surface area contributed by atoms with E-state index in [1.54, 1.807) is 0 Å². The predicted molar refractivity (Wildman–Crippen MR) is 71.9 cm³/mol. The molecular formula is C14H30N2. The zero-order valence-electron chi connectivity index (χ0n) is 11.8. The molecule has 1 atom stereocenters. The number of nitrogens with one attached hydrogen (secondary N) is 1. The molecule has 96 valence electrons. The van der Waals surface area contributed by atoms with Gasteiger partial charge in [0.25, 0.3) is 0 Å². The first kappa shape index (κ1) is 14.0. The molecule has 0 spiro atoms. The van der Waals surface area contributed by atoms with Crippen LogP contribution in [-0.4, -0.2) is 35.6 Å². The quantitative estimate of drug-likeness (QED) is 0.718. The van der Waals surface area contributed by atoms with E-state index < -0.39 is 0 Å². The van der Waals surface area contributed by atoms with E-state index in [0.29, 0.717) is 6.04 Å². The summed E-state index contributed by atoms with van der Waals surface area (Å²) in [6, 6.07) is 1.57. The Morgan fingerprint density at radius 1 is 1.31 bits per heavy atom. The Kier molecular flexibility index (Phi) is 5.26. The minimum Gasteiger partial charge on any atom is -0.311 e. The summed E-state index contributed by atoms with van der Waals surface area (Å²) < 4.78 is 0. The van der Waals surface area contributed by atoms with Crippen molar-refractivity contribution in [1.82, 2.24) is 10.2 Å². The molecule has 1 fully saturated rings. The standard InChI is InChI=1S/C14H30N2/c1-6-7-10-16(13-8-9-13)12(2)11-15-14(3,4)5/h12-13,15H,6-11H2,1-5H3. The summed E-state index contributed by atoms with van der Waals surface area (Å²) in [5, 5.41) is 3.62. The van der Waals surface area contributed by atoms with Crippen LogP contribution in [0.5, 0.6) is 0 Å². The van der Waals surface area contributed by atoms with Crippen molar-refractivity contribution in [1.29, 1.82) is 0 Å². The van der Waals surface area contributed by atoms with Crippen LogP contribution in [0.2, 0.25) is 0 Å². The lowest BCUT2D eigenvalue weighted by Gasteiger charge is -2.32. The van der Waals surface area contributed by atoms with E-state index in [1.807, 2.05) is 0 Å². The van der Waals surface area contributed by atoms with Crippen LogP contribution >= 0.6 is 0 Å². The van der Waals surface area contributed by atoms with E-state index in [9.17, 15) is 0 Å². The van der Waals surface area contributed by atoms with Crippen molar-refractivity contribution in [3.63, 3.8) is 0 Å². The SMILES string of the molecule is CCCCN(C(C)CNC(C)(C)C)C1CC1.